The third-order valence-electron chi connectivity index (χ3n) is 3.60. The quantitative estimate of drug-likeness (QED) is 0.690. The molecule has 0 aliphatic heterocycles. The van der Waals surface area contributed by atoms with Crippen molar-refractivity contribution in [1.29, 1.82) is 0 Å². The second kappa shape index (κ2) is 8.23. The third kappa shape index (κ3) is 5.11. The zero-order valence-corrected chi connectivity index (χ0v) is 14.9. The molecule has 0 saturated heterocycles. The van der Waals surface area contributed by atoms with Crippen LogP contribution in [0.5, 0.6) is 0 Å². The molecule has 0 bridgehead atoms. The minimum atomic E-state index is -0.274. The van der Waals surface area contributed by atoms with Crippen LogP contribution >= 0.6 is 22.9 Å². The van der Waals surface area contributed by atoms with Crippen LogP contribution in [-0.4, -0.2) is 17.4 Å². The molecule has 2 aromatic carbocycles. The zero-order chi connectivity index (χ0) is 17.6. The average Bonchev–Trinajstić information content (AvgIpc) is 3.06. The van der Waals surface area contributed by atoms with Crippen LogP contribution in [0, 0.1) is 5.82 Å². The summed E-state index contributed by atoms with van der Waals surface area (Å²) in [5.41, 5.74) is 2.57. The van der Waals surface area contributed by atoms with Crippen molar-refractivity contribution < 1.29 is 9.18 Å². The highest BCUT2D eigenvalue weighted by molar-refractivity contribution is 7.13. The molecule has 25 heavy (non-hydrogen) atoms. The molecule has 1 aromatic heterocycles. The number of nitrogens with one attached hydrogen (secondary N) is 1. The number of carbonyl (C=O) groups is 1. The van der Waals surface area contributed by atoms with Crippen LogP contribution in [0.15, 0.2) is 53.9 Å². The summed E-state index contributed by atoms with van der Waals surface area (Å²) in [6.07, 6.45) is 0.959. The number of halogens is 2. The molecule has 3 nitrogen and oxygen atoms in total. The molecule has 3 rings (SSSR count). The minimum absolute atomic E-state index is 0.0390. The van der Waals surface area contributed by atoms with Crippen molar-refractivity contribution in [1.82, 2.24) is 10.3 Å². The second-order valence-corrected chi connectivity index (χ2v) is 6.85. The van der Waals surface area contributed by atoms with E-state index < -0.39 is 0 Å². The Morgan fingerprint density at radius 3 is 2.76 bits per heavy atom. The Hall–Kier alpha value is -2.24. The first kappa shape index (κ1) is 17.6. The lowest BCUT2D eigenvalue weighted by Crippen LogP contribution is -2.27. The lowest BCUT2D eigenvalue weighted by atomic mass is 10.1. The van der Waals surface area contributed by atoms with Crippen LogP contribution in [0.4, 0.5) is 4.39 Å². The van der Waals surface area contributed by atoms with E-state index in [0.29, 0.717) is 24.4 Å². The number of nitrogens with zero attached hydrogens (tertiary/aromatic N) is 1. The molecule has 0 aliphatic carbocycles. The summed E-state index contributed by atoms with van der Waals surface area (Å²) in [5.74, 6) is -0.313. The summed E-state index contributed by atoms with van der Waals surface area (Å²) in [6, 6.07) is 13.6. The Balaban J connectivity index is 1.49. The monoisotopic (exact) mass is 374 g/mol. The molecule has 6 heteroatoms. The summed E-state index contributed by atoms with van der Waals surface area (Å²) in [4.78, 5) is 16.4. The zero-order valence-electron chi connectivity index (χ0n) is 13.3. The van der Waals surface area contributed by atoms with Crippen molar-refractivity contribution in [3.8, 4) is 10.6 Å². The van der Waals surface area contributed by atoms with Crippen molar-refractivity contribution in [3.05, 3.63) is 76.0 Å². The number of thiazole rings is 1. The standard InChI is InChI=1S/C19H16ClFN2OS/c20-15-6-4-13(5-7-15)10-18(24)22-9-8-17-12-25-19(23-17)14-2-1-3-16(21)11-14/h1-7,11-12H,8-10H2,(H,22,24). The van der Waals surface area contributed by atoms with Gasteiger partial charge in [0.2, 0.25) is 5.91 Å². The highest BCUT2D eigenvalue weighted by atomic mass is 35.5. The van der Waals surface area contributed by atoms with Gasteiger partial charge in [0.1, 0.15) is 10.8 Å². The van der Waals surface area contributed by atoms with Gasteiger partial charge in [-0.05, 0) is 29.8 Å². The molecular weight excluding hydrogens is 359 g/mol. The van der Waals surface area contributed by atoms with E-state index in [2.05, 4.69) is 10.3 Å². The third-order valence-corrected chi connectivity index (χ3v) is 4.80. The molecule has 3 aromatic rings. The van der Waals surface area contributed by atoms with Crippen molar-refractivity contribution in [3.63, 3.8) is 0 Å². The van der Waals surface area contributed by atoms with Crippen LogP contribution in [0.1, 0.15) is 11.3 Å². The molecule has 0 spiro atoms. The first-order valence-corrected chi connectivity index (χ1v) is 9.07. The van der Waals surface area contributed by atoms with Gasteiger partial charge in [-0.3, -0.25) is 4.79 Å². The van der Waals surface area contributed by atoms with Gasteiger partial charge in [-0.1, -0.05) is 35.9 Å². The first-order chi connectivity index (χ1) is 12.1. The van der Waals surface area contributed by atoms with Gasteiger partial charge >= 0.3 is 0 Å². The van der Waals surface area contributed by atoms with Crippen LogP contribution in [0.25, 0.3) is 10.6 Å². The van der Waals surface area contributed by atoms with Crippen LogP contribution in [0.3, 0.4) is 0 Å². The largest absolute Gasteiger partial charge is 0.355 e. The summed E-state index contributed by atoms with van der Waals surface area (Å²) in [6.45, 7) is 0.513. The van der Waals surface area contributed by atoms with Gasteiger partial charge < -0.3 is 5.32 Å². The molecule has 0 unspecified atom stereocenters. The minimum Gasteiger partial charge on any atom is -0.355 e. The smallest absolute Gasteiger partial charge is 0.224 e. The van der Waals surface area contributed by atoms with Crippen molar-refractivity contribution in [2.45, 2.75) is 12.8 Å². The van der Waals surface area contributed by atoms with Gasteiger partial charge in [-0.15, -0.1) is 11.3 Å². The lowest BCUT2D eigenvalue weighted by Gasteiger charge is -2.04. The van der Waals surface area contributed by atoms with Crippen molar-refractivity contribution in [2.75, 3.05) is 6.54 Å². The molecule has 0 fully saturated rings. The molecule has 0 radical (unpaired) electrons. The van der Waals surface area contributed by atoms with E-state index in [1.54, 1.807) is 18.2 Å². The molecule has 1 amide bonds. The predicted molar refractivity (Wildman–Crippen MR) is 99.4 cm³/mol. The molecule has 128 valence electrons. The normalized spacial score (nSPS) is 10.6. The van der Waals surface area contributed by atoms with E-state index in [1.807, 2.05) is 23.6 Å². The number of rotatable bonds is 6. The van der Waals surface area contributed by atoms with E-state index in [0.717, 1.165) is 21.8 Å². The van der Waals surface area contributed by atoms with Crippen molar-refractivity contribution in [2.24, 2.45) is 0 Å². The van der Waals surface area contributed by atoms with Gasteiger partial charge in [-0.25, -0.2) is 9.37 Å². The number of hydrogen-bond acceptors (Lipinski definition) is 3. The van der Waals surface area contributed by atoms with Crippen LogP contribution in [0.2, 0.25) is 5.02 Å². The molecule has 0 atom stereocenters. The highest BCUT2D eigenvalue weighted by Crippen LogP contribution is 2.24. The fourth-order valence-electron chi connectivity index (χ4n) is 2.36. The van der Waals surface area contributed by atoms with Crippen LogP contribution in [-0.2, 0) is 17.6 Å². The Bertz CT molecular complexity index is 864. The van der Waals surface area contributed by atoms with E-state index >= 15 is 0 Å². The summed E-state index contributed by atoms with van der Waals surface area (Å²) in [7, 11) is 0. The average molecular weight is 375 g/mol. The lowest BCUT2D eigenvalue weighted by molar-refractivity contribution is -0.120. The Morgan fingerprint density at radius 1 is 1.20 bits per heavy atom. The number of hydrogen-bond donors (Lipinski definition) is 1. The molecule has 0 saturated carbocycles. The maximum atomic E-state index is 13.3. The summed E-state index contributed by atoms with van der Waals surface area (Å²) >= 11 is 7.30. The van der Waals surface area contributed by atoms with Crippen LogP contribution < -0.4 is 5.32 Å². The summed E-state index contributed by atoms with van der Waals surface area (Å²) < 4.78 is 13.3. The first-order valence-electron chi connectivity index (χ1n) is 7.81. The van der Waals surface area contributed by atoms with E-state index in [4.69, 9.17) is 11.6 Å². The van der Waals surface area contributed by atoms with Crippen molar-refractivity contribution >= 4 is 28.8 Å². The number of aromatic nitrogens is 1. The van der Waals surface area contributed by atoms with Gasteiger partial charge in [-0.2, -0.15) is 0 Å². The van der Waals surface area contributed by atoms with Gasteiger partial charge in [0, 0.05) is 28.9 Å². The van der Waals surface area contributed by atoms with E-state index in [-0.39, 0.29) is 11.7 Å². The predicted octanol–water partition coefficient (Wildman–Crippen LogP) is 4.50. The fraction of sp³-hybridized carbons (Fsp3) is 0.158. The number of carbonyl (C=O) groups excluding carboxylic acids is 1. The van der Waals surface area contributed by atoms with Gasteiger partial charge in [0.05, 0.1) is 12.1 Å². The highest BCUT2D eigenvalue weighted by Gasteiger charge is 2.07. The van der Waals surface area contributed by atoms with Gasteiger partial charge in [0.15, 0.2) is 0 Å². The van der Waals surface area contributed by atoms with E-state index in [1.165, 1.54) is 23.5 Å². The SMILES string of the molecule is O=C(Cc1ccc(Cl)cc1)NCCc1csc(-c2cccc(F)c2)n1. The number of amides is 1. The topological polar surface area (TPSA) is 42.0 Å². The summed E-state index contributed by atoms with van der Waals surface area (Å²) in [5, 5.41) is 6.26. The maximum Gasteiger partial charge on any atom is 0.224 e. The Kier molecular flexibility index (Phi) is 5.79. The maximum absolute atomic E-state index is 13.3. The molecule has 0 aliphatic rings. The number of benzene rings is 2. The Morgan fingerprint density at radius 2 is 2.00 bits per heavy atom. The second-order valence-electron chi connectivity index (χ2n) is 5.56. The van der Waals surface area contributed by atoms with Gasteiger partial charge in [0.25, 0.3) is 0 Å². The Labute approximate surface area is 154 Å². The molecule has 1 N–H and O–H groups in total. The van der Waals surface area contributed by atoms with E-state index in [9.17, 15) is 9.18 Å². The molecular formula is C19H16ClFN2OS. The fourth-order valence-corrected chi connectivity index (χ4v) is 3.33. The molecule has 1 heterocycles.